The lowest BCUT2D eigenvalue weighted by atomic mass is 10.0. The molecule has 3 atom stereocenters. The van der Waals surface area contributed by atoms with Crippen LogP contribution >= 0.6 is 15.9 Å². The molecule has 2 fully saturated rings. The Hall–Kier alpha value is -1.44. The molecule has 2 heterocycles. The van der Waals surface area contributed by atoms with Crippen LogP contribution in [0.25, 0.3) is 0 Å². The highest BCUT2D eigenvalue weighted by atomic mass is 79.9. The SMILES string of the molecule is Cc1cc(N2CC(C(=O)NCC3CNCC3O)CC2=O)ccc1Br. The molecule has 3 rings (SSSR count). The Morgan fingerprint density at radius 1 is 1.46 bits per heavy atom. The van der Waals surface area contributed by atoms with E-state index in [2.05, 4.69) is 26.6 Å². The molecule has 0 bridgehead atoms. The van der Waals surface area contributed by atoms with Crippen LogP contribution in [0.3, 0.4) is 0 Å². The van der Waals surface area contributed by atoms with Gasteiger partial charge in [0, 0.05) is 48.7 Å². The minimum absolute atomic E-state index is 0.0283. The molecule has 130 valence electrons. The van der Waals surface area contributed by atoms with Gasteiger partial charge in [-0.2, -0.15) is 0 Å². The highest BCUT2D eigenvalue weighted by Crippen LogP contribution is 2.28. The van der Waals surface area contributed by atoms with E-state index in [1.165, 1.54) is 0 Å². The largest absolute Gasteiger partial charge is 0.391 e. The second kappa shape index (κ2) is 7.21. The molecule has 1 aromatic carbocycles. The summed E-state index contributed by atoms with van der Waals surface area (Å²) in [6.45, 7) is 4.08. The maximum Gasteiger partial charge on any atom is 0.227 e. The van der Waals surface area contributed by atoms with Crippen molar-refractivity contribution in [3.8, 4) is 0 Å². The van der Waals surface area contributed by atoms with Crippen molar-refractivity contribution in [2.45, 2.75) is 19.4 Å². The molecule has 2 saturated heterocycles. The first-order chi connectivity index (χ1) is 11.5. The normalized spacial score (nSPS) is 26.9. The third kappa shape index (κ3) is 3.63. The lowest BCUT2D eigenvalue weighted by Gasteiger charge is -2.18. The van der Waals surface area contributed by atoms with Gasteiger partial charge in [-0.05, 0) is 30.7 Å². The zero-order valence-corrected chi connectivity index (χ0v) is 15.2. The number of aliphatic hydroxyl groups excluding tert-OH is 1. The molecular weight excluding hydrogens is 374 g/mol. The molecule has 2 aliphatic heterocycles. The molecular formula is C17H22BrN3O3. The first-order valence-electron chi connectivity index (χ1n) is 8.18. The van der Waals surface area contributed by atoms with Gasteiger partial charge in [-0.1, -0.05) is 15.9 Å². The molecule has 1 aromatic rings. The summed E-state index contributed by atoms with van der Waals surface area (Å²) in [4.78, 5) is 26.3. The number of rotatable bonds is 4. The number of hydrogen-bond donors (Lipinski definition) is 3. The van der Waals surface area contributed by atoms with Crippen molar-refractivity contribution in [3.63, 3.8) is 0 Å². The van der Waals surface area contributed by atoms with E-state index in [0.717, 1.165) is 15.7 Å². The quantitative estimate of drug-likeness (QED) is 0.704. The fourth-order valence-electron chi connectivity index (χ4n) is 3.23. The monoisotopic (exact) mass is 395 g/mol. The van der Waals surface area contributed by atoms with Gasteiger partial charge in [0.05, 0.1) is 12.0 Å². The Morgan fingerprint density at radius 3 is 2.92 bits per heavy atom. The summed E-state index contributed by atoms with van der Waals surface area (Å²) >= 11 is 3.45. The zero-order valence-electron chi connectivity index (χ0n) is 13.6. The molecule has 2 aliphatic rings. The first-order valence-corrected chi connectivity index (χ1v) is 8.98. The summed E-state index contributed by atoms with van der Waals surface area (Å²) in [5.74, 6) is -0.442. The number of hydrogen-bond acceptors (Lipinski definition) is 4. The second-order valence-corrected chi connectivity index (χ2v) is 7.42. The van der Waals surface area contributed by atoms with Crippen molar-refractivity contribution in [2.24, 2.45) is 11.8 Å². The predicted octanol–water partition coefficient (Wildman–Crippen LogP) is 0.807. The van der Waals surface area contributed by atoms with Crippen molar-refractivity contribution in [3.05, 3.63) is 28.2 Å². The van der Waals surface area contributed by atoms with Crippen LogP contribution in [0.5, 0.6) is 0 Å². The van der Waals surface area contributed by atoms with E-state index in [-0.39, 0.29) is 30.1 Å². The van der Waals surface area contributed by atoms with Gasteiger partial charge in [0.25, 0.3) is 0 Å². The van der Waals surface area contributed by atoms with Crippen molar-refractivity contribution >= 4 is 33.4 Å². The summed E-state index contributed by atoms with van der Waals surface area (Å²) in [6, 6.07) is 5.75. The molecule has 3 unspecified atom stereocenters. The van der Waals surface area contributed by atoms with Crippen molar-refractivity contribution in [1.82, 2.24) is 10.6 Å². The van der Waals surface area contributed by atoms with E-state index in [1.54, 1.807) is 4.90 Å². The minimum Gasteiger partial charge on any atom is -0.391 e. The van der Waals surface area contributed by atoms with Gasteiger partial charge in [0.15, 0.2) is 0 Å². The lowest BCUT2D eigenvalue weighted by Crippen LogP contribution is -2.38. The number of anilines is 1. The van der Waals surface area contributed by atoms with Gasteiger partial charge >= 0.3 is 0 Å². The maximum absolute atomic E-state index is 12.4. The molecule has 0 aromatic heterocycles. The number of carbonyl (C=O) groups is 2. The third-order valence-corrected chi connectivity index (χ3v) is 5.68. The van der Waals surface area contributed by atoms with Gasteiger partial charge in [-0.15, -0.1) is 0 Å². The Morgan fingerprint density at radius 2 is 2.25 bits per heavy atom. The Balaban J connectivity index is 1.59. The van der Waals surface area contributed by atoms with E-state index < -0.39 is 6.10 Å². The average Bonchev–Trinajstić information content (AvgIpc) is 3.13. The average molecular weight is 396 g/mol. The van der Waals surface area contributed by atoms with Gasteiger partial charge in [-0.3, -0.25) is 9.59 Å². The maximum atomic E-state index is 12.4. The van der Waals surface area contributed by atoms with Crippen LogP contribution in [-0.2, 0) is 9.59 Å². The highest BCUT2D eigenvalue weighted by molar-refractivity contribution is 9.10. The number of nitrogens with one attached hydrogen (secondary N) is 2. The number of aliphatic hydroxyl groups is 1. The van der Waals surface area contributed by atoms with Gasteiger partial charge in [0.2, 0.25) is 11.8 Å². The Kier molecular flexibility index (Phi) is 5.22. The number of halogens is 1. The standard InChI is InChI=1S/C17H22BrN3O3/c1-10-4-13(2-3-14(10)18)21-9-11(5-16(21)23)17(24)20-7-12-6-19-8-15(12)22/h2-4,11-12,15,19,22H,5-9H2,1H3,(H,20,24). The van der Waals surface area contributed by atoms with Crippen LogP contribution in [0, 0.1) is 18.8 Å². The number of β-amino-alcohol motifs (C(OH)–C–C–N with tert-alkyl or cyclic N) is 1. The van der Waals surface area contributed by atoms with Crippen LogP contribution in [0.15, 0.2) is 22.7 Å². The van der Waals surface area contributed by atoms with Crippen LogP contribution in [-0.4, -0.2) is 49.2 Å². The fourth-order valence-corrected chi connectivity index (χ4v) is 3.48. The molecule has 24 heavy (non-hydrogen) atoms. The highest BCUT2D eigenvalue weighted by Gasteiger charge is 2.35. The molecule has 0 aliphatic carbocycles. The van der Waals surface area contributed by atoms with Crippen LogP contribution in [0.4, 0.5) is 5.69 Å². The predicted molar refractivity (Wildman–Crippen MR) is 94.7 cm³/mol. The fraction of sp³-hybridized carbons (Fsp3) is 0.529. The van der Waals surface area contributed by atoms with Crippen LogP contribution in [0.1, 0.15) is 12.0 Å². The van der Waals surface area contributed by atoms with Gasteiger partial charge in [-0.25, -0.2) is 0 Å². The minimum atomic E-state index is -0.419. The molecule has 2 amide bonds. The molecule has 0 saturated carbocycles. The summed E-state index contributed by atoms with van der Waals surface area (Å²) in [6.07, 6.45) is -0.190. The Bertz CT molecular complexity index is 652. The number of nitrogens with zero attached hydrogens (tertiary/aromatic N) is 1. The van der Waals surface area contributed by atoms with Crippen molar-refractivity contribution in [1.29, 1.82) is 0 Å². The number of aryl methyl sites for hydroxylation is 1. The van der Waals surface area contributed by atoms with E-state index in [4.69, 9.17) is 0 Å². The first kappa shape index (κ1) is 17.4. The third-order valence-electron chi connectivity index (χ3n) is 4.79. The van der Waals surface area contributed by atoms with E-state index >= 15 is 0 Å². The number of benzene rings is 1. The summed E-state index contributed by atoms with van der Waals surface area (Å²) in [5.41, 5.74) is 1.88. The zero-order chi connectivity index (χ0) is 17.3. The molecule has 0 radical (unpaired) electrons. The molecule has 0 spiro atoms. The summed E-state index contributed by atoms with van der Waals surface area (Å²) < 4.78 is 0.996. The Labute approximate surface area is 149 Å². The van der Waals surface area contributed by atoms with E-state index in [1.807, 2.05) is 25.1 Å². The van der Waals surface area contributed by atoms with E-state index in [0.29, 0.717) is 26.2 Å². The second-order valence-electron chi connectivity index (χ2n) is 6.57. The molecule has 3 N–H and O–H groups in total. The van der Waals surface area contributed by atoms with Crippen LogP contribution < -0.4 is 15.5 Å². The number of carbonyl (C=O) groups excluding carboxylic acids is 2. The summed E-state index contributed by atoms with van der Waals surface area (Å²) in [7, 11) is 0. The summed E-state index contributed by atoms with van der Waals surface area (Å²) in [5, 5.41) is 15.7. The van der Waals surface area contributed by atoms with Crippen molar-refractivity contribution in [2.75, 3.05) is 31.1 Å². The molecule has 6 nitrogen and oxygen atoms in total. The molecule has 7 heteroatoms. The topological polar surface area (TPSA) is 81.7 Å². The lowest BCUT2D eigenvalue weighted by molar-refractivity contribution is -0.126. The smallest absolute Gasteiger partial charge is 0.227 e. The van der Waals surface area contributed by atoms with Crippen LogP contribution in [0.2, 0.25) is 0 Å². The van der Waals surface area contributed by atoms with E-state index in [9.17, 15) is 14.7 Å². The van der Waals surface area contributed by atoms with Gasteiger partial charge in [0.1, 0.15) is 0 Å². The van der Waals surface area contributed by atoms with Crippen molar-refractivity contribution < 1.29 is 14.7 Å². The van der Waals surface area contributed by atoms with Gasteiger partial charge < -0.3 is 20.6 Å². The number of amides is 2.